The topological polar surface area (TPSA) is 67.0 Å². The van der Waals surface area contributed by atoms with Crippen molar-refractivity contribution >= 4 is 5.91 Å². The van der Waals surface area contributed by atoms with Gasteiger partial charge in [0.15, 0.2) is 0 Å². The molecule has 0 bridgehead atoms. The van der Waals surface area contributed by atoms with Crippen molar-refractivity contribution in [1.82, 2.24) is 15.3 Å². The molecule has 0 aliphatic carbocycles. The van der Waals surface area contributed by atoms with Crippen molar-refractivity contribution in [3.63, 3.8) is 0 Å². The normalized spacial score (nSPS) is 14.5. The molecule has 0 radical (unpaired) electrons. The maximum Gasteiger partial charge on any atom is 0.271 e. The van der Waals surface area contributed by atoms with Gasteiger partial charge in [0.05, 0.1) is 12.7 Å². The second kappa shape index (κ2) is 4.76. The number of carbonyl (C=O) groups is 1. The zero-order valence-electron chi connectivity index (χ0n) is 10.7. The Morgan fingerprint density at radius 2 is 2.16 bits per heavy atom. The Balaban J connectivity index is 2.07. The van der Waals surface area contributed by atoms with E-state index < -0.39 is 0 Å². The fourth-order valence-electron chi connectivity index (χ4n) is 2.30. The summed E-state index contributed by atoms with van der Waals surface area (Å²) in [7, 11) is 1.62. The van der Waals surface area contributed by atoms with Crippen molar-refractivity contribution in [1.29, 1.82) is 0 Å². The molecule has 2 N–H and O–H groups in total. The van der Waals surface area contributed by atoms with E-state index in [4.69, 9.17) is 4.74 Å². The van der Waals surface area contributed by atoms with Gasteiger partial charge in [-0.05, 0) is 25.0 Å². The monoisotopic (exact) mass is 257 g/mol. The first-order valence-electron chi connectivity index (χ1n) is 6.30. The molecule has 1 amide bonds. The van der Waals surface area contributed by atoms with Gasteiger partial charge < -0.3 is 15.0 Å². The van der Waals surface area contributed by atoms with Gasteiger partial charge in [0.2, 0.25) is 0 Å². The van der Waals surface area contributed by atoms with Crippen molar-refractivity contribution < 1.29 is 9.53 Å². The number of aromatic amines is 1. The van der Waals surface area contributed by atoms with E-state index in [1.807, 2.05) is 24.3 Å². The van der Waals surface area contributed by atoms with Gasteiger partial charge in [0.25, 0.3) is 5.91 Å². The van der Waals surface area contributed by atoms with Crippen LogP contribution in [0, 0.1) is 0 Å². The molecule has 98 valence electrons. The molecule has 0 saturated heterocycles. The van der Waals surface area contributed by atoms with E-state index in [0.717, 1.165) is 29.8 Å². The number of amides is 1. The minimum absolute atomic E-state index is 0.107. The number of imidazole rings is 1. The molecule has 0 spiro atoms. The van der Waals surface area contributed by atoms with Crippen molar-refractivity contribution in [3.8, 4) is 17.1 Å². The standard InChI is InChI=1S/C14H15N3O2/c1-19-11-7-3-2-5-9(11)13-16-10-6-4-8-15-14(18)12(10)17-13/h2-3,5,7H,4,6,8H2,1H3,(H,15,18)(H,16,17). The van der Waals surface area contributed by atoms with Crippen LogP contribution >= 0.6 is 0 Å². The first-order valence-corrected chi connectivity index (χ1v) is 6.30. The third-order valence-electron chi connectivity index (χ3n) is 3.25. The maximum absolute atomic E-state index is 11.9. The predicted octanol–water partition coefficient (Wildman–Crippen LogP) is 1.76. The summed E-state index contributed by atoms with van der Waals surface area (Å²) in [6.07, 6.45) is 1.75. The fourth-order valence-corrected chi connectivity index (χ4v) is 2.30. The molecular formula is C14H15N3O2. The van der Waals surface area contributed by atoms with Gasteiger partial charge in [-0.1, -0.05) is 12.1 Å². The van der Waals surface area contributed by atoms with Crippen LogP contribution in [0.4, 0.5) is 0 Å². The Kier molecular flexibility index (Phi) is 2.95. The highest BCUT2D eigenvalue weighted by atomic mass is 16.5. The Hall–Kier alpha value is -2.30. The third kappa shape index (κ3) is 2.07. The summed E-state index contributed by atoms with van der Waals surface area (Å²) in [5.74, 6) is 1.32. The molecule has 0 fully saturated rings. The number of hydrogen-bond donors (Lipinski definition) is 2. The van der Waals surface area contributed by atoms with Crippen molar-refractivity contribution in [3.05, 3.63) is 35.7 Å². The molecule has 5 heteroatoms. The zero-order valence-corrected chi connectivity index (χ0v) is 10.7. The number of H-pyrrole nitrogens is 1. The van der Waals surface area contributed by atoms with Gasteiger partial charge in [-0.25, -0.2) is 4.98 Å². The maximum atomic E-state index is 11.9. The van der Waals surface area contributed by atoms with Crippen LogP contribution in [0.15, 0.2) is 24.3 Å². The SMILES string of the molecule is COc1ccccc1-c1nc2c([nH]1)CCCNC2=O. The lowest BCUT2D eigenvalue weighted by Gasteiger charge is -2.05. The molecule has 2 heterocycles. The summed E-state index contributed by atoms with van der Waals surface area (Å²) in [6, 6.07) is 7.63. The molecule has 1 aromatic heterocycles. The minimum Gasteiger partial charge on any atom is -0.496 e. The Morgan fingerprint density at radius 1 is 1.32 bits per heavy atom. The average Bonchev–Trinajstić information content (AvgIpc) is 2.80. The number of hydrogen-bond acceptors (Lipinski definition) is 3. The second-order valence-corrected chi connectivity index (χ2v) is 4.47. The molecule has 2 aromatic rings. The van der Waals surface area contributed by atoms with Gasteiger partial charge in [0, 0.05) is 12.2 Å². The third-order valence-corrected chi connectivity index (χ3v) is 3.25. The smallest absolute Gasteiger partial charge is 0.271 e. The molecule has 0 atom stereocenters. The molecule has 0 unspecified atom stereocenters. The van der Waals surface area contributed by atoms with E-state index >= 15 is 0 Å². The molecule has 3 rings (SSSR count). The summed E-state index contributed by atoms with van der Waals surface area (Å²) in [5.41, 5.74) is 2.26. The largest absolute Gasteiger partial charge is 0.496 e. The minimum atomic E-state index is -0.107. The van der Waals surface area contributed by atoms with Gasteiger partial charge in [-0.2, -0.15) is 0 Å². The first kappa shape index (κ1) is 11.8. The Bertz CT molecular complexity index is 619. The number of benzene rings is 1. The number of carbonyl (C=O) groups excluding carboxylic acids is 1. The van der Waals surface area contributed by atoms with Crippen LogP contribution in [0.25, 0.3) is 11.4 Å². The number of fused-ring (bicyclic) bond motifs is 1. The fraction of sp³-hybridized carbons (Fsp3) is 0.286. The highest BCUT2D eigenvalue weighted by molar-refractivity contribution is 5.94. The number of para-hydroxylation sites is 1. The van der Waals surface area contributed by atoms with E-state index in [1.54, 1.807) is 7.11 Å². The molecule has 1 aliphatic heterocycles. The van der Waals surface area contributed by atoms with E-state index in [0.29, 0.717) is 18.1 Å². The number of rotatable bonds is 2. The Morgan fingerprint density at radius 3 is 3.00 bits per heavy atom. The Labute approximate surface area is 111 Å². The average molecular weight is 257 g/mol. The number of nitrogens with zero attached hydrogens (tertiary/aromatic N) is 1. The summed E-state index contributed by atoms with van der Waals surface area (Å²) in [6.45, 7) is 0.701. The number of ether oxygens (including phenoxy) is 1. The van der Waals surface area contributed by atoms with Crippen LogP contribution in [0.2, 0.25) is 0 Å². The zero-order chi connectivity index (χ0) is 13.2. The lowest BCUT2D eigenvalue weighted by molar-refractivity contribution is 0.0951. The number of aromatic nitrogens is 2. The quantitative estimate of drug-likeness (QED) is 0.861. The first-order chi connectivity index (χ1) is 9.29. The summed E-state index contributed by atoms with van der Waals surface area (Å²) < 4.78 is 5.32. The van der Waals surface area contributed by atoms with Crippen LogP contribution in [0.1, 0.15) is 22.6 Å². The summed E-state index contributed by atoms with van der Waals surface area (Å²) >= 11 is 0. The lowest BCUT2D eigenvalue weighted by atomic mass is 10.2. The number of aryl methyl sites for hydroxylation is 1. The van der Waals surface area contributed by atoms with Crippen molar-refractivity contribution in [2.75, 3.05) is 13.7 Å². The van der Waals surface area contributed by atoms with E-state index in [2.05, 4.69) is 15.3 Å². The number of nitrogens with one attached hydrogen (secondary N) is 2. The van der Waals surface area contributed by atoms with Crippen molar-refractivity contribution in [2.24, 2.45) is 0 Å². The predicted molar refractivity (Wildman–Crippen MR) is 71.2 cm³/mol. The van der Waals surface area contributed by atoms with Gasteiger partial charge in [-0.3, -0.25) is 4.79 Å². The highest BCUT2D eigenvalue weighted by Crippen LogP contribution is 2.28. The van der Waals surface area contributed by atoms with Gasteiger partial charge >= 0.3 is 0 Å². The second-order valence-electron chi connectivity index (χ2n) is 4.47. The van der Waals surface area contributed by atoms with Crippen LogP contribution < -0.4 is 10.1 Å². The lowest BCUT2D eigenvalue weighted by Crippen LogP contribution is -2.23. The number of methoxy groups -OCH3 is 1. The van der Waals surface area contributed by atoms with Crippen LogP contribution in [-0.4, -0.2) is 29.5 Å². The molecule has 19 heavy (non-hydrogen) atoms. The highest BCUT2D eigenvalue weighted by Gasteiger charge is 2.21. The van der Waals surface area contributed by atoms with Crippen molar-refractivity contribution in [2.45, 2.75) is 12.8 Å². The van der Waals surface area contributed by atoms with E-state index in [9.17, 15) is 4.79 Å². The van der Waals surface area contributed by atoms with Crippen LogP contribution in [0.5, 0.6) is 5.75 Å². The van der Waals surface area contributed by atoms with E-state index in [1.165, 1.54) is 0 Å². The van der Waals surface area contributed by atoms with E-state index in [-0.39, 0.29) is 5.91 Å². The summed E-state index contributed by atoms with van der Waals surface area (Å²) in [5, 5.41) is 2.84. The molecule has 0 saturated carbocycles. The molecule has 1 aliphatic rings. The van der Waals surface area contributed by atoms with Gasteiger partial charge in [0.1, 0.15) is 17.3 Å². The van der Waals surface area contributed by atoms with Crippen LogP contribution in [0.3, 0.4) is 0 Å². The summed E-state index contributed by atoms with van der Waals surface area (Å²) in [4.78, 5) is 19.5. The van der Waals surface area contributed by atoms with Gasteiger partial charge in [-0.15, -0.1) is 0 Å². The molecular weight excluding hydrogens is 242 g/mol. The molecule has 5 nitrogen and oxygen atoms in total. The van der Waals surface area contributed by atoms with Crippen LogP contribution in [-0.2, 0) is 6.42 Å². The molecule has 1 aromatic carbocycles.